The molecule has 6 heteroatoms. The van der Waals surface area contributed by atoms with Crippen molar-refractivity contribution in [1.82, 2.24) is 9.21 Å². The molecule has 0 amide bonds. The maximum atomic E-state index is 12.9. The fourth-order valence-corrected chi connectivity index (χ4v) is 4.19. The topological polar surface area (TPSA) is 49.9 Å². The third-order valence-corrected chi connectivity index (χ3v) is 6.10. The molecule has 1 aliphatic rings. The zero-order valence-electron chi connectivity index (χ0n) is 13.2. The second-order valence-electron chi connectivity index (χ2n) is 5.43. The normalized spacial score (nSPS) is 17.9. The van der Waals surface area contributed by atoms with E-state index < -0.39 is 10.0 Å². The Morgan fingerprint density at radius 2 is 1.67 bits per heavy atom. The third-order valence-electron chi connectivity index (χ3n) is 4.18. The molecule has 118 valence electrons. The molecule has 2 rings (SSSR count). The van der Waals surface area contributed by atoms with Crippen molar-refractivity contribution >= 4 is 10.0 Å². The monoisotopic (exact) mass is 312 g/mol. The molecule has 1 aromatic carbocycles. The molecule has 0 N–H and O–H groups in total. The van der Waals surface area contributed by atoms with Crippen LogP contribution < -0.4 is 4.74 Å². The smallest absolute Gasteiger partial charge is 0.246 e. The molecule has 0 aliphatic carbocycles. The molecule has 0 bridgehead atoms. The van der Waals surface area contributed by atoms with Crippen molar-refractivity contribution in [1.29, 1.82) is 0 Å². The first kappa shape index (κ1) is 16.3. The summed E-state index contributed by atoms with van der Waals surface area (Å²) in [6.45, 7) is 9.55. The van der Waals surface area contributed by atoms with E-state index in [4.69, 9.17) is 4.74 Å². The molecule has 1 heterocycles. The molecule has 0 saturated carbocycles. The summed E-state index contributed by atoms with van der Waals surface area (Å²) < 4.78 is 32.6. The Kier molecular flexibility index (Phi) is 4.91. The summed E-state index contributed by atoms with van der Waals surface area (Å²) in [6, 6.07) is 3.51. The number of hydrogen-bond acceptors (Lipinski definition) is 4. The van der Waals surface area contributed by atoms with Gasteiger partial charge in [0.2, 0.25) is 10.0 Å². The lowest BCUT2D eigenvalue weighted by Gasteiger charge is -2.33. The van der Waals surface area contributed by atoms with Crippen LogP contribution in [0.3, 0.4) is 0 Å². The van der Waals surface area contributed by atoms with Crippen LogP contribution in [0.15, 0.2) is 17.0 Å². The van der Waals surface area contributed by atoms with Crippen LogP contribution in [0.5, 0.6) is 5.75 Å². The van der Waals surface area contributed by atoms with Crippen LogP contribution in [-0.4, -0.2) is 57.5 Å². The lowest BCUT2D eigenvalue weighted by molar-refractivity contribution is 0.196. The fraction of sp³-hybridized carbons (Fsp3) is 0.600. The van der Waals surface area contributed by atoms with Gasteiger partial charge in [-0.15, -0.1) is 0 Å². The average molecular weight is 312 g/mol. The summed E-state index contributed by atoms with van der Waals surface area (Å²) in [4.78, 5) is 2.53. The Morgan fingerprint density at radius 1 is 1.10 bits per heavy atom. The van der Waals surface area contributed by atoms with Crippen LogP contribution in [0.2, 0.25) is 0 Å². The van der Waals surface area contributed by atoms with Gasteiger partial charge in [-0.1, -0.05) is 6.92 Å². The first-order valence-corrected chi connectivity index (χ1v) is 8.72. The molecule has 21 heavy (non-hydrogen) atoms. The first-order valence-electron chi connectivity index (χ1n) is 7.28. The molecule has 1 aromatic rings. The molecule has 1 fully saturated rings. The maximum Gasteiger partial charge on any atom is 0.246 e. The van der Waals surface area contributed by atoms with Gasteiger partial charge in [0.25, 0.3) is 0 Å². The number of hydrogen-bond donors (Lipinski definition) is 0. The van der Waals surface area contributed by atoms with Crippen molar-refractivity contribution in [2.24, 2.45) is 0 Å². The van der Waals surface area contributed by atoms with Crippen molar-refractivity contribution in [3.05, 3.63) is 23.3 Å². The van der Waals surface area contributed by atoms with E-state index in [-0.39, 0.29) is 4.90 Å². The molecule has 0 unspecified atom stereocenters. The van der Waals surface area contributed by atoms with Crippen molar-refractivity contribution in [3.8, 4) is 5.75 Å². The standard InChI is InChI=1S/C15H24N2O3S/c1-5-16-6-8-17(9-7-16)21(18,19)15-11-13(3)12(2)10-14(15)20-4/h10-11H,5-9H2,1-4H3. The minimum absolute atomic E-state index is 0.276. The molecule has 0 spiro atoms. The summed E-state index contributed by atoms with van der Waals surface area (Å²) >= 11 is 0. The van der Waals surface area contributed by atoms with E-state index in [1.165, 1.54) is 7.11 Å². The van der Waals surface area contributed by atoms with Gasteiger partial charge in [-0.05, 0) is 43.7 Å². The van der Waals surface area contributed by atoms with Crippen LogP contribution in [0.1, 0.15) is 18.1 Å². The van der Waals surface area contributed by atoms with Crippen molar-refractivity contribution < 1.29 is 13.2 Å². The SMILES string of the molecule is CCN1CCN(S(=O)(=O)c2cc(C)c(C)cc2OC)CC1. The Hall–Kier alpha value is -1.11. The van der Waals surface area contributed by atoms with Gasteiger partial charge in [0.15, 0.2) is 0 Å². The number of piperazine rings is 1. The summed E-state index contributed by atoms with van der Waals surface area (Å²) in [7, 11) is -1.98. The second-order valence-corrected chi connectivity index (χ2v) is 7.33. The lowest BCUT2D eigenvalue weighted by Crippen LogP contribution is -2.48. The first-order chi connectivity index (χ1) is 9.90. The van der Waals surface area contributed by atoms with E-state index in [0.717, 1.165) is 30.8 Å². The number of benzene rings is 1. The zero-order chi connectivity index (χ0) is 15.6. The van der Waals surface area contributed by atoms with Gasteiger partial charge in [-0.25, -0.2) is 8.42 Å². The largest absolute Gasteiger partial charge is 0.495 e. The maximum absolute atomic E-state index is 12.9. The highest BCUT2D eigenvalue weighted by Gasteiger charge is 2.30. The number of methoxy groups -OCH3 is 1. The quantitative estimate of drug-likeness (QED) is 0.848. The second kappa shape index (κ2) is 6.34. The minimum Gasteiger partial charge on any atom is -0.495 e. The number of aryl methyl sites for hydroxylation is 2. The number of likely N-dealkylation sites (N-methyl/N-ethyl adjacent to an activating group) is 1. The predicted molar refractivity (Wildman–Crippen MR) is 83.3 cm³/mol. The van der Waals surface area contributed by atoms with E-state index in [0.29, 0.717) is 18.8 Å². The summed E-state index contributed by atoms with van der Waals surface area (Å²) in [6.07, 6.45) is 0. The summed E-state index contributed by atoms with van der Waals surface area (Å²) in [5.41, 5.74) is 1.99. The van der Waals surface area contributed by atoms with Crippen LogP contribution >= 0.6 is 0 Å². The molecule has 5 nitrogen and oxygen atoms in total. The molecule has 1 aliphatic heterocycles. The van der Waals surface area contributed by atoms with E-state index >= 15 is 0 Å². The fourth-order valence-electron chi connectivity index (χ4n) is 2.55. The summed E-state index contributed by atoms with van der Waals surface area (Å²) in [5.74, 6) is 0.427. The molecular weight excluding hydrogens is 288 g/mol. The Balaban J connectivity index is 2.34. The average Bonchev–Trinajstić information content (AvgIpc) is 2.49. The molecule has 0 aromatic heterocycles. The van der Waals surface area contributed by atoms with E-state index in [1.54, 1.807) is 16.4 Å². The Labute approximate surface area is 127 Å². The lowest BCUT2D eigenvalue weighted by atomic mass is 10.1. The summed E-state index contributed by atoms with van der Waals surface area (Å²) in [5, 5.41) is 0. The van der Waals surface area contributed by atoms with Crippen LogP contribution in [0, 0.1) is 13.8 Å². The van der Waals surface area contributed by atoms with Crippen LogP contribution in [0.4, 0.5) is 0 Å². The Bertz CT molecular complexity index is 606. The van der Waals surface area contributed by atoms with Gasteiger partial charge in [-0.2, -0.15) is 4.31 Å². The minimum atomic E-state index is -3.49. The van der Waals surface area contributed by atoms with Crippen LogP contribution in [0.25, 0.3) is 0 Å². The molecular formula is C15H24N2O3S. The molecule has 0 atom stereocenters. The van der Waals surface area contributed by atoms with E-state index in [1.807, 2.05) is 13.8 Å². The highest BCUT2D eigenvalue weighted by molar-refractivity contribution is 7.89. The number of sulfonamides is 1. The molecule has 0 radical (unpaired) electrons. The number of ether oxygens (including phenoxy) is 1. The van der Waals surface area contributed by atoms with Gasteiger partial charge < -0.3 is 9.64 Å². The van der Waals surface area contributed by atoms with Crippen molar-refractivity contribution in [2.75, 3.05) is 39.8 Å². The highest BCUT2D eigenvalue weighted by Crippen LogP contribution is 2.30. The van der Waals surface area contributed by atoms with E-state index in [2.05, 4.69) is 11.8 Å². The predicted octanol–water partition coefficient (Wildman–Crippen LogP) is 1.64. The van der Waals surface area contributed by atoms with E-state index in [9.17, 15) is 8.42 Å². The van der Waals surface area contributed by atoms with Gasteiger partial charge in [0, 0.05) is 26.2 Å². The Morgan fingerprint density at radius 3 is 2.19 bits per heavy atom. The zero-order valence-corrected chi connectivity index (χ0v) is 14.0. The number of nitrogens with zero attached hydrogens (tertiary/aromatic N) is 2. The van der Waals surface area contributed by atoms with Gasteiger partial charge in [0.05, 0.1) is 7.11 Å². The number of rotatable bonds is 4. The van der Waals surface area contributed by atoms with Crippen molar-refractivity contribution in [2.45, 2.75) is 25.7 Å². The highest BCUT2D eigenvalue weighted by atomic mass is 32.2. The van der Waals surface area contributed by atoms with Crippen LogP contribution in [-0.2, 0) is 10.0 Å². The van der Waals surface area contributed by atoms with Gasteiger partial charge in [-0.3, -0.25) is 0 Å². The molecule has 1 saturated heterocycles. The van der Waals surface area contributed by atoms with Crippen molar-refractivity contribution in [3.63, 3.8) is 0 Å². The third kappa shape index (κ3) is 3.22. The van der Waals surface area contributed by atoms with Gasteiger partial charge >= 0.3 is 0 Å². The van der Waals surface area contributed by atoms with Gasteiger partial charge in [0.1, 0.15) is 10.6 Å².